The third kappa shape index (κ3) is 3.06. The minimum atomic E-state index is -0.434. The number of nitrogens with one attached hydrogen (secondary N) is 1. The molecular formula is C18H23FN4O. The van der Waals surface area contributed by atoms with E-state index >= 15 is 0 Å². The molecule has 2 heterocycles. The molecule has 1 aliphatic rings. The van der Waals surface area contributed by atoms with E-state index in [-0.39, 0.29) is 11.9 Å². The maximum atomic E-state index is 14.6. The lowest BCUT2D eigenvalue weighted by Gasteiger charge is -2.24. The fourth-order valence-electron chi connectivity index (χ4n) is 3.40. The Morgan fingerprint density at radius 1 is 1.38 bits per heavy atom. The van der Waals surface area contributed by atoms with Crippen LogP contribution in [0.1, 0.15) is 34.6 Å². The van der Waals surface area contributed by atoms with Crippen molar-refractivity contribution in [3.8, 4) is 5.69 Å². The normalized spacial score (nSPS) is 17.5. The zero-order valence-electron chi connectivity index (χ0n) is 14.3. The van der Waals surface area contributed by atoms with Gasteiger partial charge in [0, 0.05) is 30.4 Å². The van der Waals surface area contributed by atoms with Gasteiger partial charge in [0.25, 0.3) is 5.91 Å². The number of nitrogens with zero attached hydrogens (tertiary/aromatic N) is 3. The van der Waals surface area contributed by atoms with Crippen LogP contribution in [0.2, 0.25) is 0 Å². The number of benzene rings is 1. The predicted octanol–water partition coefficient (Wildman–Crippen LogP) is 2.45. The molecule has 0 saturated carbocycles. The quantitative estimate of drug-likeness (QED) is 0.937. The van der Waals surface area contributed by atoms with Crippen LogP contribution in [0.15, 0.2) is 24.3 Å². The number of likely N-dealkylation sites (N-methyl/N-ethyl adjacent to an activating group) is 1. The summed E-state index contributed by atoms with van der Waals surface area (Å²) in [6.45, 7) is 5.24. The highest BCUT2D eigenvalue weighted by atomic mass is 19.1. The molecule has 1 aromatic carbocycles. The second-order valence-electron chi connectivity index (χ2n) is 6.36. The summed E-state index contributed by atoms with van der Waals surface area (Å²) >= 11 is 0. The Bertz CT molecular complexity index is 755. The highest BCUT2D eigenvalue weighted by Crippen LogP contribution is 2.22. The van der Waals surface area contributed by atoms with Crippen LogP contribution in [-0.4, -0.2) is 46.8 Å². The van der Waals surface area contributed by atoms with Crippen molar-refractivity contribution in [1.82, 2.24) is 20.0 Å². The molecule has 0 unspecified atom stereocenters. The van der Waals surface area contributed by atoms with E-state index in [0.29, 0.717) is 11.3 Å². The van der Waals surface area contributed by atoms with E-state index in [1.54, 1.807) is 16.8 Å². The summed E-state index contributed by atoms with van der Waals surface area (Å²) in [7, 11) is 1.88. The molecule has 0 spiro atoms. The lowest BCUT2D eigenvalue weighted by atomic mass is 10.1. The third-order valence-electron chi connectivity index (χ3n) is 4.51. The zero-order valence-corrected chi connectivity index (χ0v) is 14.3. The van der Waals surface area contributed by atoms with Gasteiger partial charge >= 0.3 is 0 Å². The van der Waals surface area contributed by atoms with Crippen molar-refractivity contribution in [3.63, 3.8) is 0 Å². The highest BCUT2D eigenvalue weighted by molar-refractivity contribution is 5.94. The Hall–Kier alpha value is -2.21. The summed E-state index contributed by atoms with van der Waals surface area (Å²) < 4.78 is 16.1. The Morgan fingerprint density at radius 3 is 2.79 bits per heavy atom. The fourth-order valence-corrected chi connectivity index (χ4v) is 3.40. The van der Waals surface area contributed by atoms with Crippen LogP contribution < -0.4 is 5.32 Å². The van der Waals surface area contributed by atoms with Gasteiger partial charge in [0.1, 0.15) is 11.5 Å². The number of carbonyl (C=O) groups is 1. The van der Waals surface area contributed by atoms with Gasteiger partial charge in [-0.15, -0.1) is 0 Å². The first-order chi connectivity index (χ1) is 11.5. The molecule has 24 heavy (non-hydrogen) atoms. The van der Waals surface area contributed by atoms with Crippen molar-refractivity contribution in [2.45, 2.75) is 32.7 Å². The summed E-state index contributed by atoms with van der Waals surface area (Å²) in [4.78, 5) is 14.6. The van der Waals surface area contributed by atoms with Gasteiger partial charge in [-0.2, -0.15) is 5.10 Å². The molecule has 1 aliphatic heterocycles. The van der Waals surface area contributed by atoms with E-state index in [4.69, 9.17) is 0 Å². The van der Waals surface area contributed by atoms with Gasteiger partial charge in [0.05, 0.1) is 5.69 Å². The van der Waals surface area contributed by atoms with E-state index in [0.717, 1.165) is 37.3 Å². The second kappa shape index (κ2) is 6.73. The molecule has 0 aliphatic carbocycles. The number of halogens is 1. The van der Waals surface area contributed by atoms with Crippen molar-refractivity contribution in [1.29, 1.82) is 0 Å². The molecule has 3 rings (SSSR count). The van der Waals surface area contributed by atoms with Crippen molar-refractivity contribution in [2.24, 2.45) is 0 Å². The first-order valence-corrected chi connectivity index (χ1v) is 8.30. The Labute approximate surface area is 141 Å². The fraction of sp³-hybridized carbons (Fsp3) is 0.444. The van der Waals surface area contributed by atoms with Gasteiger partial charge in [-0.25, -0.2) is 9.07 Å². The summed E-state index contributed by atoms with van der Waals surface area (Å²) in [6, 6.07) is 6.71. The number of aryl methyl sites for hydroxylation is 2. The summed E-state index contributed by atoms with van der Waals surface area (Å²) in [6.07, 6.45) is 1.98. The maximum absolute atomic E-state index is 14.6. The molecule has 1 N–H and O–H groups in total. The van der Waals surface area contributed by atoms with E-state index < -0.39 is 5.82 Å². The Balaban J connectivity index is 1.87. The number of likely N-dealkylation sites (tertiary alicyclic amines) is 1. The lowest BCUT2D eigenvalue weighted by molar-refractivity contribution is 0.0736. The van der Waals surface area contributed by atoms with Gasteiger partial charge in [-0.1, -0.05) is 0 Å². The van der Waals surface area contributed by atoms with Crippen LogP contribution in [0.3, 0.4) is 0 Å². The average Bonchev–Trinajstić information content (AvgIpc) is 3.13. The molecule has 1 fully saturated rings. The average molecular weight is 330 g/mol. The summed E-state index contributed by atoms with van der Waals surface area (Å²) in [5, 5.41) is 7.42. The number of amides is 1. The van der Waals surface area contributed by atoms with Crippen LogP contribution in [0.5, 0.6) is 0 Å². The highest BCUT2D eigenvalue weighted by Gasteiger charge is 2.29. The molecule has 1 atom stereocenters. The predicted molar refractivity (Wildman–Crippen MR) is 91.0 cm³/mol. The van der Waals surface area contributed by atoms with Crippen LogP contribution >= 0.6 is 0 Å². The van der Waals surface area contributed by atoms with E-state index in [2.05, 4.69) is 10.4 Å². The van der Waals surface area contributed by atoms with Gasteiger partial charge in [-0.3, -0.25) is 4.79 Å². The molecule has 0 bridgehead atoms. The SMILES string of the molecule is CNC[C@@H]1CCCN1C(=O)c1ccc(-n2nc(C)cc2C)c(F)c1. The molecule has 2 aromatic rings. The second-order valence-corrected chi connectivity index (χ2v) is 6.36. The largest absolute Gasteiger partial charge is 0.334 e. The Kier molecular flexibility index (Phi) is 4.66. The monoisotopic (exact) mass is 330 g/mol. The molecule has 5 nitrogen and oxygen atoms in total. The van der Waals surface area contributed by atoms with Gasteiger partial charge in [-0.05, 0) is 58.0 Å². The summed E-state index contributed by atoms with van der Waals surface area (Å²) in [5.41, 5.74) is 2.45. The number of hydrogen-bond acceptors (Lipinski definition) is 3. The topological polar surface area (TPSA) is 50.2 Å². The lowest BCUT2D eigenvalue weighted by Crippen LogP contribution is -2.40. The van der Waals surface area contributed by atoms with Gasteiger partial charge in [0.2, 0.25) is 0 Å². The number of carbonyl (C=O) groups excluding carboxylic acids is 1. The minimum Gasteiger partial charge on any atom is -0.334 e. The molecule has 0 radical (unpaired) electrons. The Morgan fingerprint density at radius 2 is 2.17 bits per heavy atom. The third-order valence-corrected chi connectivity index (χ3v) is 4.51. The first-order valence-electron chi connectivity index (χ1n) is 8.30. The molecular weight excluding hydrogens is 307 g/mol. The smallest absolute Gasteiger partial charge is 0.254 e. The van der Waals surface area contributed by atoms with Gasteiger partial charge < -0.3 is 10.2 Å². The van der Waals surface area contributed by atoms with Crippen molar-refractivity contribution in [3.05, 3.63) is 47.0 Å². The molecule has 1 saturated heterocycles. The van der Waals surface area contributed by atoms with Crippen molar-refractivity contribution >= 4 is 5.91 Å². The van der Waals surface area contributed by atoms with E-state index in [1.165, 1.54) is 6.07 Å². The first kappa shape index (κ1) is 16.6. The molecule has 128 valence electrons. The molecule has 6 heteroatoms. The van der Waals surface area contributed by atoms with E-state index in [9.17, 15) is 9.18 Å². The number of hydrogen-bond donors (Lipinski definition) is 1. The standard InChI is InChI=1S/C18H23FN4O/c1-12-9-13(2)23(21-12)17-7-6-14(10-16(17)19)18(24)22-8-4-5-15(22)11-20-3/h6-7,9-10,15,20H,4-5,8,11H2,1-3H3/t15-/m0/s1. The van der Waals surface area contributed by atoms with E-state index in [1.807, 2.05) is 31.9 Å². The van der Waals surface area contributed by atoms with Crippen LogP contribution in [0, 0.1) is 19.7 Å². The number of aromatic nitrogens is 2. The van der Waals surface area contributed by atoms with Crippen LogP contribution in [0.4, 0.5) is 4.39 Å². The minimum absolute atomic E-state index is 0.105. The zero-order chi connectivity index (χ0) is 17.3. The molecule has 1 aromatic heterocycles. The number of rotatable bonds is 4. The van der Waals surface area contributed by atoms with Crippen LogP contribution in [0.25, 0.3) is 5.69 Å². The van der Waals surface area contributed by atoms with Crippen molar-refractivity contribution < 1.29 is 9.18 Å². The summed E-state index contributed by atoms with van der Waals surface area (Å²) in [5.74, 6) is -0.539. The van der Waals surface area contributed by atoms with Crippen molar-refractivity contribution in [2.75, 3.05) is 20.1 Å². The van der Waals surface area contributed by atoms with Crippen LogP contribution in [-0.2, 0) is 0 Å². The maximum Gasteiger partial charge on any atom is 0.254 e. The molecule has 1 amide bonds. The van der Waals surface area contributed by atoms with Gasteiger partial charge in [0.15, 0.2) is 0 Å².